The topological polar surface area (TPSA) is 58.0 Å². The van der Waals surface area contributed by atoms with E-state index >= 15 is 0 Å². The molecule has 1 heterocycles. The number of rotatable bonds is 8. The van der Waals surface area contributed by atoms with E-state index in [0.29, 0.717) is 12.5 Å². The maximum absolute atomic E-state index is 8.37. The zero-order valence-electron chi connectivity index (χ0n) is 11.5. The average Bonchev–Trinajstić information content (AvgIpc) is 2.41. The van der Waals surface area contributed by atoms with Crippen molar-refractivity contribution in [1.29, 1.82) is 0 Å². The Morgan fingerprint density at radius 1 is 1.37 bits per heavy atom. The van der Waals surface area contributed by atoms with E-state index in [2.05, 4.69) is 28.9 Å². The maximum Gasteiger partial charge on any atom is 0.213 e. The minimum atomic E-state index is 0. The zero-order valence-corrected chi connectivity index (χ0v) is 12.3. The SMILES string of the molecule is CCN(CC)CCCOc1ccc(C=NO)cn1.Cl. The first-order valence-electron chi connectivity index (χ1n) is 6.28. The molecule has 1 N–H and O–H groups in total. The van der Waals surface area contributed by atoms with E-state index in [1.54, 1.807) is 18.3 Å². The number of aromatic nitrogens is 1. The molecule has 0 amide bonds. The van der Waals surface area contributed by atoms with E-state index < -0.39 is 0 Å². The minimum Gasteiger partial charge on any atom is -0.478 e. The first-order chi connectivity index (χ1) is 8.80. The van der Waals surface area contributed by atoms with Crippen molar-refractivity contribution in [3.8, 4) is 5.88 Å². The van der Waals surface area contributed by atoms with Gasteiger partial charge in [-0.25, -0.2) is 4.98 Å². The lowest BCUT2D eigenvalue weighted by molar-refractivity contribution is 0.244. The van der Waals surface area contributed by atoms with Gasteiger partial charge in [0, 0.05) is 24.4 Å². The molecular formula is C13H22ClN3O2. The second-order valence-electron chi connectivity index (χ2n) is 3.90. The van der Waals surface area contributed by atoms with Crippen LogP contribution in [0.3, 0.4) is 0 Å². The summed E-state index contributed by atoms with van der Waals surface area (Å²) >= 11 is 0. The summed E-state index contributed by atoms with van der Waals surface area (Å²) in [6.45, 7) is 8.17. The third-order valence-electron chi connectivity index (χ3n) is 2.73. The Kier molecular flexibility index (Phi) is 9.84. The Morgan fingerprint density at radius 3 is 2.63 bits per heavy atom. The average molecular weight is 288 g/mol. The lowest BCUT2D eigenvalue weighted by atomic mass is 10.3. The highest BCUT2D eigenvalue weighted by Gasteiger charge is 1.99. The standard InChI is InChI=1S/C13H21N3O2.ClH/c1-3-16(4-2)8-5-9-18-13-7-6-12(10-14-13)11-15-17;/h6-7,10-11,17H,3-5,8-9H2,1-2H3;1H. The molecular weight excluding hydrogens is 266 g/mol. The summed E-state index contributed by atoms with van der Waals surface area (Å²) in [5.41, 5.74) is 0.744. The molecule has 0 saturated heterocycles. The largest absolute Gasteiger partial charge is 0.478 e. The number of ether oxygens (including phenoxy) is 1. The predicted octanol–water partition coefficient (Wildman–Crippen LogP) is 2.42. The van der Waals surface area contributed by atoms with Crippen molar-refractivity contribution in [2.24, 2.45) is 5.16 Å². The summed E-state index contributed by atoms with van der Waals surface area (Å²) in [6, 6.07) is 3.57. The fraction of sp³-hybridized carbons (Fsp3) is 0.538. The zero-order chi connectivity index (χ0) is 13.2. The number of hydrogen-bond donors (Lipinski definition) is 1. The number of nitrogens with zero attached hydrogens (tertiary/aromatic N) is 3. The van der Waals surface area contributed by atoms with Crippen molar-refractivity contribution in [2.45, 2.75) is 20.3 Å². The monoisotopic (exact) mass is 287 g/mol. The minimum absolute atomic E-state index is 0. The van der Waals surface area contributed by atoms with E-state index in [-0.39, 0.29) is 12.4 Å². The van der Waals surface area contributed by atoms with Crippen LogP contribution in [-0.2, 0) is 0 Å². The molecule has 0 aliphatic heterocycles. The molecule has 0 saturated carbocycles. The van der Waals surface area contributed by atoms with Crippen molar-refractivity contribution in [2.75, 3.05) is 26.2 Å². The molecule has 0 bridgehead atoms. The van der Waals surface area contributed by atoms with Crippen LogP contribution in [0.4, 0.5) is 0 Å². The van der Waals surface area contributed by atoms with E-state index in [4.69, 9.17) is 9.94 Å². The molecule has 0 aliphatic carbocycles. The lowest BCUT2D eigenvalue weighted by Gasteiger charge is -2.17. The smallest absolute Gasteiger partial charge is 0.213 e. The number of oxime groups is 1. The van der Waals surface area contributed by atoms with E-state index in [1.165, 1.54) is 6.21 Å². The van der Waals surface area contributed by atoms with Crippen molar-refractivity contribution in [3.05, 3.63) is 23.9 Å². The number of pyridine rings is 1. The van der Waals surface area contributed by atoms with Crippen LogP contribution in [0.2, 0.25) is 0 Å². The fourth-order valence-corrected chi connectivity index (χ4v) is 1.62. The summed E-state index contributed by atoms with van der Waals surface area (Å²) in [4.78, 5) is 6.47. The van der Waals surface area contributed by atoms with Crippen LogP contribution in [0.25, 0.3) is 0 Å². The van der Waals surface area contributed by atoms with Crippen molar-refractivity contribution < 1.29 is 9.94 Å². The molecule has 6 heteroatoms. The molecule has 1 aromatic rings. The molecule has 0 radical (unpaired) electrons. The van der Waals surface area contributed by atoms with Crippen LogP contribution in [0.15, 0.2) is 23.5 Å². The van der Waals surface area contributed by atoms with Gasteiger partial charge in [-0.05, 0) is 25.6 Å². The van der Waals surface area contributed by atoms with Gasteiger partial charge in [0.1, 0.15) is 0 Å². The maximum atomic E-state index is 8.37. The van der Waals surface area contributed by atoms with E-state index in [1.807, 2.05) is 0 Å². The molecule has 0 spiro atoms. The van der Waals surface area contributed by atoms with E-state index in [0.717, 1.165) is 31.6 Å². The van der Waals surface area contributed by atoms with Crippen LogP contribution in [0.5, 0.6) is 5.88 Å². The highest BCUT2D eigenvalue weighted by atomic mass is 35.5. The van der Waals surface area contributed by atoms with Gasteiger partial charge in [0.2, 0.25) is 5.88 Å². The van der Waals surface area contributed by atoms with Crippen molar-refractivity contribution >= 4 is 18.6 Å². The Labute approximate surface area is 120 Å². The van der Waals surface area contributed by atoms with Gasteiger partial charge in [-0.15, -0.1) is 12.4 Å². The van der Waals surface area contributed by atoms with Crippen LogP contribution >= 0.6 is 12.4 Å². The van der Waals surface area contributed by atoms with Crippen LogP contribution in [-0.4, -0.2) is 47.5 Å². The Bertz CT molecular complexity index is 353. The third kappa shape index (κ3) is 6.98. The number of halogens is 1. The van der Waals surface area contributed by atoms with Gasteiger partial charge in [0.25, 0.3) is 0 Å². The number of hydrogen-bond acceptors (Lipinski definition) is 5. The molecule has 19 heavy (non-hydrogen) atoms. The van der Waals surface area contributed by atoms with Gasteiger partial charge in [-0.3, -0.25) is 0 Å². The van der Waals surface area contributed by atoms with Gasteiger partial charge in [-0.1, -0.05) is 19.0 Å². The van der Waals surface area contributed by atoms with Gasteiger partial charge in [0.05, 0.1) is 12.8 Å². The van der Waals surface area contributed by atoms with Gasteiger partial charge in [0.15, 0.2) is 0 Å². The third-order valence-corrected chi connectivity index (χ3v) is 2.73. The summed E-state index contributed by atoms with van der Waals surface area (Å²) in [5, 5.41) is 11.3. The predicted molar refractivity (Wildman–Crippen MR) is 78.8 cm³/mol. The molecule has 0 fully saturated rings. The first kappa shape index (κ1) is 17.7. The highest BCUT2D eigenvalue weighted by molar-refractivity contribution is 5.85. The first-order valence-corrected chi connectivity index (χ1v) is 6.28. The van der Waals surface area contributed by atoms with Crippen LogP contribution in [0, 0.1) is 0 Å². The summed E-state index contributed by atoms with van der Waals surface area (Å²) < 4.78 is 5.53. The molecule has 0 atom stereocenters. The lowest BCUT2D eigenvalue weighted by Crippen LogP contribution is -2.25. The van der Waals surface area contributed by atoms with Crippen LogP contribution < -0.4 is 4.74 Å². The molecule has 0 aliphatic rings. The molecule has 108 valence electrons. The second-order valence-corrected chi connectivity index (χ2v) is 3.90. The molecule has 0 unspecified atom stereocenters. The molecule has 0 aromatic carbocycles. The van der Waals surface area contributed by atoms with E-state index in [9.17, 15) is 0 Å². The molecule has 1 aromatic heterocycles. The summed E-state index contributed by atoms with van der Waals surface area (Å²) in [7, 11) is 0. The highest BCUT2D eigenvalue weighted by Crippen LogP contribution is 2.06. The van der Waals surface area contributed by atoms with Crippen molar-refractivity contribution in [1.82, 2.24) is 9.88 Å². The quantitative estimate of drug-likeness (QED) is 0.345. The fourth-order valence-electron chi connectivity index (χ4n) is 1.62. The Balaban J connectivity index is 0.00000324. The van der Waals surface area contributed by atoms with Gasteiger partial charge < -0.3 is 14.8 Å². The van der Waals surface area contributed by atoms with Gasteiger partial charge in [-0.2, -0.15) is 0 Å². The van der Waals surface area contributed by atoms with Crippen LogP contribution in [0.1, 0.15) is 25.8 Å². The van der Waals surface area contributed by atoms with Crippen molar-refractivity contribution in [3.63, 3.8) is 0 Å². The summed E-state index contributed by atoms with van der Waals surface area (Å²) in [5.74, 6) is 0.602. The van der Waals surface area contributed by atoms with Gasteiger partial charge >= 0.3 is 0 Å². The molecule has 5 nitrogen and oxygen atoms in total. The molecule has 1 rings (SSSR count). The Hall–Kier alpha value is -1.33. The summed E-state index contributed by atoms with van der Waals surface area (Å²) in [6.07, 6.45) is 3.93. The second kappa shape index (κ2) is 10.6. The normalized spacial score (nSPS) is 10.7. The Morgan fingerprint density at radius 2 is 2.11 bits per heavy atom.